The van der Waals surface area contributed by atoms with Crippen LogP contribution in [0.1, 0.15) is 40.0 Å². The van der Waals surface area contributed by atoms with Crippen molar-refractivity contribution in [2.45, 2.75) is 51.7 Å². The highest BCUT2D eigenvalue weighted by molar-refractivity contribution is 4.67. The Morgan fingerprint density at radius 3 is 2.50 bits per heavy atom. The summed E-state index contributed by atoms with van der Waals surface area (Å²) < 4.78 is 5.54. The largest absolute Gasteiger partial charge is 0.389 e. The lowest BCUT2D eigenvalue weighted by molar-refractivity contribution is -0.0478. The van der Waals surface area contributed by atoms with Crippen LogP contribution in [-0.4, -0.2) is 61.0 Å². The fraction of sp³-hybridized carbons (Fsp3) is 1.00. The summed E-state index contributed by atoms with van der Waals surface area (Å²) in [4.78, 5) is 2.49. The summed E-state index contributed by atoms with van der Waals surface area (Å²) in [6, 6.07) is 0. The maximum atomic E-state index is 9.75. The molecule has 1 rings (SSSR count). The standard InChI is InChI=1S/C14H30N2O2/c1-14(2,3)18-12-13(17)11-15-7-10-16-8-5-4-6-9-16/h13,15,17H,4-12H2,1-3H3. The molecular formula is C14H30N2O2. The topological polar surface area (TPSA) is 44.7 Å². The molecule has 4 heteroatoms. The maximum Gasteiger partial charge on any atom is 0.0897 e. The predicted octanol–water partition coefficient (Wildman–Crippen LogP) is 1.24. The van der Waals surface area contributed by atoms with E-state index in [-0.39, 0.29) is 5.60 Å². The number of ether oxygens (including phenoxy) is 1. The molecule has 0 saturated carbocycles. The van der Waals surface area contributed by atoms with Crippen LogP contribution < -0.4 is 5.32 Å². The third-order valence-electron chi connectivity index (χ3n) is 3.14. The zero-order chi connectivity index (χ0) is 13.4. The Balaban J connectivity index is 1.96. The van der Waals surface area contributed by atoms with Gasteiger partial charge in [-0.2, -0.15) is 0 Å². The summed E-state index contributed by atoms with van der Waals surface area (Å²) in [6.45, 7) is 11.5. The summed E-state index contributed by atoms with van der Waals surface area (Å²) in [5, 5.41) is 13.0. The molecule has 2 N–H and O–H groups in total. The van der Waals surface area contributed by atoms with Gasteiger partial charge in [-0.1, -0.05) is 6.42 Å². The molecule has 0 aliphatic carbocycles. The van der Waals surface area contributed by atoms with Gasteiger partial charge in [0.15, 0.2) is 0 Å². The van der Waals surface area contributed by atoms with Crippen LogP contribution in [0.3, 0.4) is 0 Å². The molecule has 1 atom stereocenters. The SMILES string of the molecule is CC(C)(C)OCC(O)CNCCN1CCCCC1. The maximum absolute atomic E-state index is 9.75. The van der Waals surface area contributed by atoms with Crippen LogP contribution >= 0.6 is 0 Å². The van der Waals surface area contributed by atoms with E-state index in [0.29, 0.717) is 13.2 Å². The van der Waals surface area contributed by atoms with Gasteiger partial charge in [-0.3, -0.25) is 0 Å². The van der Waals surface area contributed by atoms with E-state index in [1.807, 2.05) is 20.8 Å². The van der Waals surface area contributed by atoms with Crippen molar-refractivity contribution < 1.29 is 9.84 Å². The van der Waals surface area contributed by atoms with Crippen molar-refractivity contribution >= 4 is 0 Å². The smallest absolute Gasteiger partial charge is 0.0897 e. The van der Waals surface area contributed by atoms with E-state index in [0.717, 1.165) is 13.1 Å². The van der Waals surface area contributed by atoms with E-state index < -0.39 is 6.10 Å². The Morgan fingerprint density at radius 2 is 1.89 bits per heavy atom. The number of rotatable bonds is 7. The molecule has 18 heavy (non-hydrogen) atoms. The monoisotopic (exact) mass is 258 g/mol. The molecule has 4 nitrogen and oxygen atoms in total. The third-order valence-corrected chi connectivity index (χ3v) is 3.14. The molecule has 0 amide bonds. The molecule has 0 spiro atoms. The molecular weight excluding hydrogens is 228 g/mol. The average Bonchev–Trinajstić information content (AvgIpc) is 2.33. The van der Waals surface area contributed by atoms with Gasteiger partial charge in [0.25, 0.3) is 0 Å². The number of aliphatic hydroxyl groups excluding tert-OH is 1. The lowest BCUT2D eigenvalue weighted by atomic mass is 10.1. The van der Waals surface area contributed by atoms with E-state index in [4.69, 9.17) is 4.74 Å². The summed E-state index contributed by atoms with van der Waals surface area (Å²) in [5.41, 5.74) is -0.172. The van der Waals surface area contributed by atoms with Crippen LogP contribution in [0.4, 0.5) is 0 Å². The second kappa shape index (κ2) is 8.10. The lowest BCUT2D eigenvalue weighted by Gasteiger charge is -2.26. The molecule has 1 fully saturated rings. The highest BCUT2D eigenvalue weighted by atomic mass is 16.5. The van der Waals surface area contributed by atoms with Crippen molar-refractivity contribution in [3.63, 3.8) is 0 Å². The fourth-order valence-electron chi connectivity index (χ4n) is 2.09. The molecule has 0 aromatic heterocycles. The second-order valence-corrected chi connectivity index (χ2v) is 6.18. The highest BCUT2D eigenvalue weighted by Gasteiger charge is 2.13. The van der Waals surface area contributed by atoms with E-state index in [1.54, 1.807) is 0 Å². The average molecular weight is 258 g/mol. The number of hydrogen-bond donors (Lipinski definition) is 2. The summed E-state index contributed by atoms with van der Waals surface area (Å²) in [6.07, 6.45) is 3.64. The molecule has 1 heterocycles. The number of nitrogens with zero attached hydrogens (tertiary/aromatic N) is 1. The van der Waals surface area contributed by atoms with Gasteiger partial charge in [0.05, 0.1) is 18.3 Å². The molecule has 1 aliphatic rings. The Morgan fingerprint density at radius 1 is 1.22 bits per heavy atom. The lowest BCUT2D eigenvalue weighted by Crippen LogP contribution is -2.39. The molecule has 0 aromatic carbocycles. The zero-order valence-electron chi connectivity index (χ0n) is 12.2. The Labute approximate surface area is 112 Å². The molecule has 1 unspecified atom stereocenters. The Hall–Kier alpha value is -0.160. The number of nitrogens with one attached hydrogen (secondary N) is 1. The first kappa shape index (κ1) is 15.9. The van der Waals surface area contributed by atoms with E-state index in [9.17, 15) is 5.11 Å². The molecule has 0 bridgehead atoms. The third kappa shape index (κ3) is 8.03. The van der Waals surface area contributed by atoms with Crippen molar-refractivity contribution in [2.24, 2.45) is 0 Å². The van der Waals surface area contributed by atoms with Crippen molar-refractivity contribution in [3.8, 4) is 0 Å². The quantitative estimate of drug-likeness (QED) is 0.674. The highest BCUT2D eigenvalue weighted by Crippen LogP contribution is 2.08. The van der Waals surface area contributed by atoms with Gasteiger partial charge < -0.3 is 20.1 Å². The Kier molecular flexibility index (Phi) is 7.15. The van der Waals surface area contributed by atoms with E-state index in [1.165, 1.54) is 32.4 Å². The van der Waals surface area contributed by atoms with Crippen molar-refractivity contribution in [3.05, 3.63) is 0 Å². The Bertz CT molecular complexity index is 210. The molecule has 1 saturated heterocycles. The summed E-state index contributed by atoms with van der Waals surface area (Å²) >= 11 is 0. The minimum atomic E-state index is -0.411. The van der Waals surface area contributed by atoms with E-state index in [2.05, 4.69) is 10.2 Å². The first-order valence-corrected chi connectivity index (χ1v) is 7.22. The van der Waals surface area contributed by atoms with Crippen molar-refractivity contribution in [1.82, 2.24) is 10.2 Å². The number of piperidine rings is 1. The second-order valence-electron chi connectivity index (χ2n) is 6.18. The van der Waals surface area contributed by atoms with Crippen LogP contribution in [0.5, 0.6) is 0 Å². The van der Waals surface area contributed by atoms with Gasteiger partial charge in [-0.15, -0.1) is 0 Å². The van der Waals surface area contributed by atoms with Gasteiger partial charge in [-0.05, 0) is 46.7 Å². The van der Waals surface area contributed by atoms with E-state index >= 15 is 0 Å². The van der Waals surface area contributed by atoms with Gasteiger partial charge in [0.2, 0.25) is 0 Å². The first-order chi connectivity index (χ1) is 8.47. The first-order valence-electron chi connectivity index (χ1n) is 7.22. The molecule has 108 valence electrons. The van der Waals surface area contributed by atoms with Gasteiger partial charge in [0.1, 0.15) is 0 Å². The predicted molar refractivity (Wildman–Crippen MR) is 74.9 cm³/mol. The molecule has 0 aromatic rings. The minimum absolute atomic E-state index is 0.172. The summed E-state index contributed by atoms with van der Waals surface area (Å²) in [5.74, 6) is 0. The number of likely N-dealkylation sites (tertiary alicyclic amines) is 1. The van der Waals surface area contributed by atoms with Crippen LogP contribution in [0.25, 0.3) is 0 Å². The molecule has 1 aliphatic heterocycles. The summed E-state index contributed by atoms with van der Waals surface area (Å²) in [7, 11) is 0. The van der Waals surface area contributed by atoms with Crippen LogP contribution in [0.2, 0.25) is 0 Å². The van der Waals surface area contributed by atoms with Crippen LogP contribution in [-0.2, 0) is 4.74 Å². The zero-order valence-corrected chi connectivity index (χ0v) is 12.2. The van der Waals surface area contributed by atoms with Crippen molar-refractivity contribution in [1.29, 1.82) is 0 Å². The normalized spacial score (nSPS) is 20.0. The minimum Gasteiger partial charge on any atom is -0.389 e. The van der Waals surface area contributed by atoms with Crippen molar-refractivity contribution in [2.75, 3.05) is 39.3 Å². The number of aliphatic hydroxyl groups is 1. The molecule has 0 radical (unpaired) electrons. The van der Waals surface area contributed by atoms with Gasteiger partial charge in [-0.25, -0.2) is 0 Å². The fourth-order valence-corrected chi connectivity index (χ4v) is 2.09. The van der Waals surface area contributed by atoms with Crippen LogP contribution in [0.15, 0.2) is 0 Å². The van der Waals surface area contributed by atoms with Crippen LogP contribution in [0, 0.1) is 0 Å². The van der Waals surface area contributed by atoms with Gasteiger partial charge >= 0.3 is 0 Å². The number of hydrogen-bond acceptors (Lipinski definition) is 4. The van der Waals surface area contributed by atoms with Gasteiger partial charge in [0, 0.05) is 19.6 Å².